The molecule has 0 bridgehead atoms. The average molecular weight is 267 g/mol. The molecule has 0 fully saturated rings. The molecule has 0 amide bonds. The van der Waals surface area contributed by atoms with E-state index in [1.54, 1.807) is 11.3 Å². The SMILES string of the molecule is CCNCc1nnc(NCC(C)c2nccs2)o1. The Bertz CT molecular complexity index is 456. The minimum atomic E-state index is 0.328. The number of rotatable bonds is 7. The van der Waals surface area contributed by atoms with Crippen molar-refractivity contribution in [3.63, 3.8) is 0 Å². The molecule has 2 aromatic heterocycles. The van der Waals surface area contributed by atoms with Gasteiger partial charge in [0, 0.05) is 24.0 Å². The monoisotopic (exact) mass is 267 g/mol. The summed E-state index contributed by atoms with van der Waals surface area (Å²) in [5.74, 6) is 0.926. The van der Waals surface area contributed by atoms with Crippen molar-refractivity contribution in [1.29, 1.82) is 0 Å². The second-order valence-electron chi connectivity index (χ2n) is 3.93. The number of nitrogens with zero attached hydrogens (tertiary/aromatic N) is 3. The summed E-state index contributed by atoms with van der Waals surface area (Å²) >= 11 is 1.65. The third kappa shape index (κ3) is 3.51. The largest absolute Gasteiger partial charge is 0.407 e. The Morgan fingerprint density at radius 1 is 1.44 bits per heavy atom. The lowest BCUT2D eigenvalue weighted by Crippen LogP contribution is -2.11. The van der Waals surface area contributed by atoms with Crippen LogP contribution in [-0.4, -0.2) is 28.3 Å². The van der Waals surface area contributed by atoms with E-state index in [-0.39, 0.29) is 0 Å². The molecule has 0 saturated heterocycles. The van der Waals surface area contributed by atoms with Crippen molar-refractivity contribution in [3.05, 3.63) is 22.5 Å². The highest BCUT2D eigenvalue weighted by atomic mass is 32.1. The van der Waals surface area contributed by atoms with Crippen LogP contribution in [0.5, 0.6) is 0 Å². The van der Waals surface area contributed by atoms with Gasteiger partial charge in [-0.05, 0) is 6.54 Å². The second-order valence-corrected chi connectivity index (χ2v) is 4.86. The molecule has 0 aliphatic rings. The van der Waals surface area contributed by atoms with E-state index in [4.69, 9.17) is 4.42 Å². The third-order valence-electron chi connectivity index (χ3n) is 2.43. The van der Waals surface area contributed by atoms with Crippen molar-refractivity contribution in [3.8, 4) is 0 Å². The van der Waals surface area contributed by atoms with Crippen LogP contribution in [-0.2, 0) is 6.54 Å². The zero-order valence-electron chi connectivity index (χ0n) is 10.5. The summed E-state index contributed by atoms with van der Waals surface area (Å²) in [6.45, 7) is 6.36. The summed E-state index contributed by atoms with van der Waals surface area (Å²) in [7, 11) is 0. The van der Waals surface area contributed by atoms with Gasteiger partial charge in [-0.2, -0.15) is 0 Å². The lowest BCUT2D eigenvalue weighted by molar-refractivity contribution is 0.480. The first-order valence-corrected chi connectivity index (χ1v) is 6.84. The molecule has 6 nitrogen and oxygen atoms in total. The fourth-order valence-electron chi connectivity index (χ4n) is 1.43. The highest BCUT2D eigenvalue weighted by Crippen LogP contribution is 2.18. The van der Waals surface area contributed by atoms with Crippen LogP contribution in [0.1, 0.15) is 30.7 Å². The Kier molecular flexibility index (Phi) is 4.66. The van der Waals surface area contributed by atoms with Crippen molar-refractivity contribution < 1.29 is 4.42 Å². The Morgan fingerprint density at radius 3 is 3.06 bits per heavy atom. The van der Waals surface area contributed by atoms with Crippen LogP contribution in [0.25, 0.3) is 0 Å². The van der Waals surface area contributed by atoms with Crippen molar-refractivity contribution in [2.75, 3.05) is 18.4 Å². The first-order valence-electron chi connectivity index (χ1n) is 5.96. The van der Waals surface area contributed by atoms with Gasteiger partial charge >= 0.3 is 6.01 Å². The van der Waals surface area contributed by atoms with Gasteiger partial charge in [0.2, 0.25) is 5.89 Å². The zero-order valence-corrected chi connectivity index (χ0v) is 11.3. The number of thiazole rings is 1. The van der Waals surface area contributed by atoms with Gasteiger partial charge in [0.15, 0.2) is 0 Å². The van der Waals surface area contributed by atoms with Crippen molar-refractivity contribution in [2.45, 2.75) is 26.3 Å². The molecule has 0 saturated carbocycles. The van der Waals surface area contributed by atoms with Crippen molar-refractivity contribution in [2.24, 2.45) is 0 Å². The predicted molar refractivity (Wildman–Crippen MR) is 70.7 cm³/mol. The lowest BCUT2D eigenvalue weighted by Gasteiger charge is -2.07. The van der Waals surface area contributed by atoms with E-state index in [2.05, 4.69) is 32.7 Å². The maximum atomic E-state index is 5.44. The molecule has 98 valence electrons. The summed E-state index contributed by atoms with van der Waals surface area (Å²) in [5.41, 5.74) is 0. The van der Waals surface area contributed by atoms with Crippen LogP contribution in [0.15, 0.2) is 16.0 Å². The zero-order chi connectivity index (χ0) is 12.8. The van der Waals surface area contributed by atoms with Crippen LogP contribution in [0.4, 0.5) is 6.01 Å². The molecule has 7 heteroatoms. The van der Waals surface area contributed by atoms with Crippen LogP contribution in [0, 0.1) is 0 Å². The van der Waals surface area contributed by atoms with Gasteiger partial charge in [-0.3, -0.25) is 0 Å². The van der Waals surface area contributed by atoms with Crippen LogP contribution >= 0.6 is 11.3 Å². The van der Waals surface area contributed by atoms with E-state index < -0.39 is 0 Å². The molecule has 0 radical (unpaired) electrons. The molecule has 2 aromatic rings. The maximum absolute atomic E-state index is 5.44. The van der Waals surface area contributed by atoms with Gasteiger partial charge in [0.25, 0.3) is 0 Å². The summed E-state index contributed by atoms with van der Waals surface area (Å²) in [6.07, 6.45) is 1.82. The van der Waals surface area contributed by atoms with Gasteiger partial charge in [0.05, 0.1) is 11.6 Å². The van der Waals surface area contributed by atoms with E-state index in [9.17, 15) is 0 Å². The molecule has 2 heterocycles. The Hall–Kier alpha value is -1.47. The topological polar surface area (TPSA) is 75.9 Å². The Balaban J connectivity index is 1.81. The molecular weight excluding hydrogens is 250 g/mol. The van der Waals surface area contributed by atoms with E-state index in [0.29, 0.717) is 24.4 Å². The number of hydrogen-bond donors (Lipinski definition) is 2. The molecule has 0 aliphatic heterocycles. The normalized spacial score (nSPS) is 12.6. The lowest BCUT2D eigenvalue weighted by atomic mass is 10.2. The Labute approximate surface area is 110 Å². The van der Waals surface area contributed by atoms with Gasteiger partial charge < -0.3 is 15.1 Å². The highest BCUT2D eigenvalue weighted by molar-refractivity contribution is 7.09. The second kappa shape index (κ2) is 6.46. The molecule has 2 N–H and O–H groups in total. The van der Waals surface area contributed by atoms with Gasteiger partial charge in [-0.25, -0.2) is 4.98 Å². The van der Waals surface area contributed by atoms with Crippen LogP contribution in [0.2, 0.25) is 0 Å². The first-order chi connectivity index (χ1) is 8.79. The number of nitrogens with one attached hydrogen (secondary N) is 2. The fourth-order valence-corrected chi connectivity index (χ4v) is 2.13. The molecule has 0 aliphatic carbocycles. The molecule has 0 aromatic carbocycles. The standard InChI is InChI=1S/C11H17N5OS/c1-3-12-7-9-15-16-11(17-9)14-6-8(2)10-13-4-5-18-10/h4-5,8,12H,3,6-7H2,1-2H3,(H,14,16). The van der Waals surface area contributed by atoms with Gasteiger partial charge in [-0.15, -0.1) is 16.4 Å². The average Bonchev–Trinajstić information content (AvgIpc) is 3.04. The summed E-state index contributed by atoms with van der Waals surface area (Å²) in [4.78, 5) is 4.28. The molecule has 1 atom stereocenters. The fraction of sp³-hybridized carbons (Fsp3) is 0.545. The molecular formula is C11H17N5OS. The maximum Gasteiger partial charge on any atom is 0.315 e. The summed E-state index contributed by atoms with van der Waals surface area (Å²) < 4.78 is 5.44. The van der Waals surface area contributed by atoms with Crippen molar-refractivity contribution in [1.82, 2.24) is 20.5 Å². The van der Waals surface area contributed by atoms with Gasteiger partial charge in [0.1, 0.15) is 0 Å². The predicted octanol–water partition coefficient (Wildman–Crippen LogP) is 1.85. The smallest absolute Gasteiger partial charge is 0.315 e. The van der Waals surface area contributed by atoms with Gasteiger partial charge in [-0.1, -0.05) is 18.9 Å². The van der Waals surface area contributed by atoms with Crippen LogP contribution in [0.3, 0.4) is 0 Å². The highest BCUT2D eigenvalue weighted by Gasteiger charge is 2.10. The number of hydrogen-bond acceptors (Lipinski definition) is 7. The van der Waals surface area contributed by atoms with Crippen LogP contribution < -0.4 is 10.6 Å². The molecule has 1 unspecified atom stereocenters. The first kappa shape index (κ1) is 13.0. The molecule has 18 heavy (non-hydrogen) atoms. The summed E-state index contributed by atoms with van der Waals surface area (Å²) in [6, 6.07) is 0.464. The minimum absolute atomic E-state index is 0.328. The minimum Gasteiger partial charge on any atom is -0.407 e. The summed E-state index contributed by atoms with van der Waals surface area (Å²) in [5, 5.41) is 17.2. The molecule has 2 rings (SSSR count). The van der Waals surface area contributed by atoms with Crippen molar-refractivity contribution >= 4 is 17.4 Å². The number of aromatic nitrogens is 3. The van der Waals surface area contributed by atoms with E-state index in [0.717, 1.165) is 18.1 Å². The Morgan fingerprint density at radius 2 is 2.33 bits per heavy atom. The van der Waals surface area contributed by atoms with E-state index in [1.165, 1.54) is 0 Å². The van der Waals surface area contributed by atoms with E-state index in [1.807, 2.05) is 18.5 Å². The third-order valence-corrected chi connectivity index (χ3v) is 3.43. The van der Waals surface area contributed by atoms with E-state index >= 15 is 0 Å². The molecule has 0 spiro atoms. The number of anilines is 1. The quantitative estimate of drug-likeness (QED) is 0.797.